The molecule has 2 saturated heterocycles. The van der Waals surface area contributed by atoms with Gasteiger partial charge in [-0.25, -0.2) is 12.8 Å². The first-order valence-corrected chi connectivity index (χ1v) is 12.3. The molecule has 1 N–H and O–H groups in total. The van der Waals surface area contributed by atoms with Crippen molar-refractivity contribution in [1.29, 1.82) is 0 Å². The third-order valence-corrected chi connectivity index (χ3v) is 7.80. The fraction of sp³-hybridized carbons (Fsp3) is 0.391. The first-order valence-electron chi connectivity index (χ1n) is 10.9. The Bertz CT molecular complexity index is 1120. The van der Waals surface area contributed by atoms with Crippen LogP contribution in [-0.4, -0.2) is 68.8 Å². The highest BCUT2D eigenvalue weighted by Crippen LogP contribution is 2.26. The van der Waals surface area contributed by atoms with E-state index in [4.69, 9.17) is 4.74 Å². The molecule has 0 radical (unpaired) electrons. The molecule has 2 heterocycles. The van der Waals surface area contributed by atoms with Gasteiger partial charge in [0.05, 0.1) is 35.3 Å². The molecule has 2 amide bonds. The van der Waals surface area contributed by atoms with Crippen molar-refractivity contribution < 1.29 is 27.1 Å². The molecule has 0 spiro atoms. The van der Waals surface area contributed by atoms with Crippen LogP contribution in [0.5, 0.6) is 0 Å². The third-order valence-electron chi connectivity index (χ3n) is 5.92. The van der Waals surface area contributed by atoms with E-state index >= 15 is 0 Å². The zero-order chi connectivity index (χ0) is 23.4. The van der Waals surface area contributed by atoms with Crippen LogP contribution in [0, 0.1) is 11.7 Å². The minimum Gasteiger partial charge on any atom is -0.378 e. The average Bonchev–Trinajstić information content (AvgIpc) is 2.85. The van der Waals surface area contributed by atoms with Crippen LogP contribution < -0.4 is 5.32 Å². The minimum atomic E-state index is -3.84. The normalized spacial score (nSPS) is 19.8. The number of rotatable bonds is 5. The molecule has 0 aromatic heterocycles. The van der Waals surface area contributed by atoms with Gasteiger partial charge in [0.1, 0.15) is 5.82 Å². The lowest BCUT2D eigenvalue weighted by Crippen LogP contribution is -2.44. The van der Waals surface area contributed by atoms with Gasteiger partial charge in [-0.1, -0.05) is 12.1 Å². The first-order chi connectivity index (χ1) is 15.9. The van der Waals surface area contributed by atoms with Crippen LogP contribution in [0.25, 0.3) is 0 Å². The number of carbonyl (C=O) groups excluding carboxylic acids is 2. The fourth-order valence-electron chi connectivity index (χ4n) is 4.08. The van der Waals surface area contributed by atoms with Crippen LogP contribution in [0.15, 0.2) is 53.4 Å². The zero-order valence-corrected chi connectivity index (χ0v) is 18.9. The number of nitrogens with one attached hydrogen (secondary N) is 1. The molecule has 176 valence electrons. The van der Waals surface area contributed by atoms with Crippen molar-refractivity contribution in [3.05, 3.63) is 59.9 Å². The topological polar surface area (TPSA) is 96.0 Å². The molecule has 8 nitrogen and oxygen atoms in total. The second-order valence-electron chi connectivity index (χ2n) is 8.10. The highest BCUT2D eigenvalue weighted by molar-refractivity contribution is 7.89. The van der Waals surface area contributed by atoms with Gasteiger partial charge >= 0.3 is 0 Å². The summed E-state index contributed by atoms with van der Waals surface area (Å²) in [5.74, 6) is -1.61. The number of benzene rings is 2. The Morgan fingerprint density at radius 1 is 1.00 bits per heavy atom. The smallest absolute Gasteiger partial charge is 0.256 e. The van der Waals surface area contributed by atoms with Gasteiger partial charge in [0.25, 0.3) is 5.91 Å². The van der Waals surface area contributed by atoms with Gasteiger partial charge in [0.2, 0.25) is 15.9 Å². The van der Waals surface area contributed by atoms with E-state index in [1.807, 2.05) is 0 Å². The monoisotopic (exact) mass is 475 g/mol. The van der Waals surface area contributed by atoms with Crippen molar-refractivity contribution >= 4 is 27.5 Å². The van der Waals surface area contributed by atoms with E-state index < -0.39 is 21.8 Å². The number of hydrogen-bond donors (Lipinski definition) is 1. The van der Waals surface area contributed by atoms with Crippen LogP contribution in [-0.2, 0) is 19.6 Å². The number of hydrogen-bond acceptors (Lipinski definition) is 5. The lowest BCUT2D eigenvalue weighted by atomic mass is 9.98. The summed E-state index contributed by atoms with van der Waals surface area (Å²) in [6, 6.07) is 11.5. The van der Waals surface area contributed by atoms with Gasteiger partial charge in [0.15, 0.2) is 0 Å². The molecule has 0 aliphatic carbocycles. The number of ether oxygens (including phenoxy) is 1. The first kappa shape index (κ1) is 23.3. The SMILES string of the molecule is O=C(Nc1ccccc1C(=O)N1CCOCC1)[C@H]1CCCN(S(=O)(=O)c2ccc(F)cc2)C1. The lowest BCUT2D eigenvalue weighted by Gasteiger charge is -2.31. The minimum absolute atomic E-state index is 0.00795. The van der Waals surface area contributed by atoms with Crippen LogP contribution in [0.4, 0.5) is 10.1 Å². The highest BCUT2D eigenvalue weighted by atomic mass is 32.2. The van der Waals surface area contributed by atoms with E-state index in [1.165, 1.54) is 16.4 Å². The van der Waals surface area contributed by atoms with E-state index in [1.54, 1.807) is 29.2 Å². The van der Waals surface area contributed by atoms with Gasteiger partial charge in [0, 0.05) is 26.2 Å². The molecule has 2 aliphatic heterocycles. The number of sulfonamides is 1. The standard InChI is InChI=1S/C23H26FN3O5S/c24-18-7-9-19(10-8-18)33(30,31)27-11-3-4-17(16-27)22(28)25-21-6-2-1-5-20(21)23(29)26-12-14-32-15-13-26/h1-2,5-10,17H,3-4,11-16H2,(H,25,28)/t17-/m0/s1. The second-order valence-corrected chi connectivity index (χ2v) is 10.0. The lowest BCUT2D eigenvalue weighted by molar-refractivity contribution is -0.120. The average molecular weight is 476 g/mol. The highest BCUT2D eigenvalue weighted by Gasteiger charge is 2.34. The van der Waals surface area contributed by atoms with Crippen molar-refractivity contribution in [1.82, 2.24) is 9.21 Å². The maximum Gasteiger partial charge on any atom is 0.256 e. The quantitative estimate of drug-likeness (QED) is 0.716. The molecule has 0 unspecified atom stereocenters. The van der Waals surface area contributed by atoms with Crippen molar-refractivity contribution in [2.45, 2.75) is 17.7 Å². The summed E-state index contributed by atoms with van der Waals surface area (Å²) in [6.45, 7) is 2.22. The molecule has 2 aromatic carbocycles. The van der Waals surface area contributed by atoms with E-state index in [9.17, 15) is 22.4 Å². The molecular weight excluding hydrogens is 449 g/mol. The maximum atomic E-state index is 13.2. The molecule has 2 aliphatic rings. The Kier molecular flexibility index (Phi) is 7.06. The van der Waals surface area contributed by atoms with Crippen LogP contribution >= 0.6 is 0 Å². The van der Waals surface area contributed by atoms with E-state index in [0.29, 0.717) is 50.4 Å². The Balaban J connectivity index is 1.47. The molecule has 2 aromatic rings. The molecule has 4 rings (SSSR count). The molecule has 1 atom stereocenters. The van der Waals surface area contributed by atoms with E-state index in [0.717, 1.165) is 12.1 Å². The van der Waals surface area contributed by atoms with Crippen molar-refractivity contribution in [3.63, 3.8) is 0 Å². The van der Waals surface area contributed by atoms with Crippen molar-refractivity contribution in [2.75, 3.05) is 44.7 Å². The molecule has 33 heavy (non-hydrogen) atoms. The van der Waals surface area contributed by atoms with Crippen LogP contribution in [0.2, 0.25) is 0 Å². The predicted octanol–water partition coefficient (Wildman–Crippen LogP) is 2.34. The zero-order valence-electron chi connectivity index (χ0n) is 18.1. The Hall–Kier alpha value is -2.82. The number of amides is 2. The summed E-state index contributed by atoms with van der Waals surface area (Å²) in [4.78, 5) is 27.7. The summed E-state index contributed by atoms with van der Waals surface area (Å²) in [6.07, 6.45) is 1.05. The number of para-hydroxylation sites is 1. The third kappa shape index (κ3) is 5.23. The fourth-order valence-corrected chi connectivity index (χ4v) is 5.60. The Morgan fingerprint density at radius 2 is 1.70 bits per heavy atom. The van der Waals surface area contributed by atoms with Gasteiger partial charge in [-0.3, -0.25) is 9.59 Å². The summed E-state index contributed by atoms with van der Waals surface area (Å²) in [7, 11) is -3.84. The molecule has 0 bridgehead atoms. The van der Waals surface area contributed by atoms with Crippen molar-refractivity contribution in [3.8, 4) is 0 Å². The number of morpholine rings is 1. The Morgan fingerprint density at radius 3 is 2.42 bits per heavy atom. The summed E-state index contributed by atoms with van der Waals surface area (Å²) in [5, 5.41) is 2.83. The second kappa shape index (κ2) is 9.98. The summed E-state index contributed by atoms with van der Waals surface area (Å²) < 4.78 is 45.7. The van der Waals surface area contributed by atoms with E-state index in [-0.39, 0.29) is 29.8 Å². The summed E-state index contributed by atoms with van der Waals surface area (Å²) >= 11 is 0. The van der Waals surface area contributed by atoms with Gasteiger partial charge in [-0.2, -0.15) is 4.31 Å². The maximum absolute atomic E-state index is 13.2. The number of piperidine rings is 1. The van der Waals surface area contributed by atoms with Crippen LogP contribution in [0.3, 0.4) is 0 Å². The molecular formula is C23H26FN3O5S. The van der Waals surface area contributed by atoms with Gasteiger partial charge < -0.3 is 15.0 Å². The van der Waals surface area contributed by atoms with E-state index in [2.05, 4.69) is 5.32 Å². The number of anilines is 1. The number of halogens is 1. The van der Waals surface area contributed by atoms with Gasteiger partial charge in [-0.05, 0) is 49.2 Å². The number of carbonyl (C=O) groups is 2. The molecule has 2 fully saturated rings. The van der Waals surface area contributed by atoms with Crippen molar-refractivity contribution in [2.24, 2.45) is 5.92 Å². The largest absolute Gasteiger partial charge is 0.378 e. The number of nitrogens with zero attached hydrogens (tertiary/aromatic N) is 2. The molecule has 0 saturated carbocycles. The Labute approximate surface area is 192 Å². The summed E-state index contributed by atoms with van der Waals surface area (Å²) in [5.41, 5.74) is 0.789. The van der Waals surface area contributed by atoms with Crippen LogP contribution in [0.1, 0.15) is 23.2 Å². The predicted molar refractivity (Wildman–Crippen MR) is 120 cm³/mol. The molecule has 10 heteroatoms. The van der Waals surface area contributed by atoms with Gasteiger partial charge in [-0.15, -0.1) is 0 Å².